The Balaban J connectivity index is 0.618. The summed E-state index contributed by atoms with van der Waals surface area (Å²) in [5.41, 5.74) is 7.00. The van der Waals surface area contributed by atoms with Crippen molar-refractivity contribution in [3.05, 3.63) is 83.1 Å². The zero-order valence-corrected chi connectivity index (χ0v) is 43.9. The Morgan fingerprint density at radius 3 is 2.51 bits per heavy atom. The second-order valence-corrected chi connectivity index (χ2v) is 23.3. The number of carbonyl (C=O) groups excluding carboxylic acids is 6. The molecule has 9 rings (SSSR count). The molecule has 6 heterocycles. The summed E-state index contributed by atoms with van der Waals surface area (Å²) in [6.45, 7) is 8.30. The summed E-state index contributed by atoms with van der Waals surface area (Å²) in [5.74, 6) is -1.36. The van der Waals surface area contributed by atoms with E-state index in [1.807, 2.05) is 36.9 Å². The van der Waals surface area contributed by atoms with Gasteiger partial charge in [0.1, 0.15) is 0 Å². The van der Waals surface area contributed by atoms with Crippen LogP contribution >= 0.6 is 21.6 Å². The SMILES string of the molecule is [B]C12OB=C(Nc3ccc(CNC(=O)N4CCC(N5CCN(C(=O)CCSSC(C)(C)CC(=O)N/N=C6\CCCc7nc(OCCCC(=O)ON8C(=O)CCC8=O)ccc76)CC5)CC4)c(F)c3)C1C2c1cccnc1. The van der Waals surface area contributed by atoms with Gasteiger partial charge in [-0.1, -0.05) is 21.6 Å². The van der Waals surface area contributed by atoms with Gasteiger partial charge in [-0.2, -0.15) is 5.10 Å². The number of hydrogen-bond acceptors (Lipinski definition) is 16. The van der Waals surface area contributed by atoms with Crippen molar-refractivity contribution in [3.63, 3.8) is 0 Å². The zero-order valence-electron chi connectivity index (χ0n) is 42.2. The van der Waals surface area contributed by atoms with E-state index < -0.39 is 33.8 Å². The first kappa shape index (κ1) is 53.8. The molecule has 394 valence electrons. The maximum absolute atomic E-state index is 15.3. The number of amides is 6. The van der Waals surface area contributed by atoms with Crippen LogP contribution in [0.5, 0.6) is 5.88 Å². The van der Waals surface area contributed by atoms with E-state index >= 15 is 4.39 Å². The third-order valence-corrected chi connectivity index (χ3v) is 17.6. The van der Waals surface area contributed by atoms with E-state index in [-0.39, 0.29) is 68.5 Å². The number of aryl methyl sites for hydroxylation is 1. The van der Waals surface area contributed by atoms with Crippen LogP contribution in [0.1, 0.15) is 106 Å². The Morgan fingerprint density at radius 2 is 1.76 bits per heavy atom. The Labute approximate surface area is 445 Å². The van der Waals surface area contributed by atoms with Crippen LogP contribution in [0.15, 0.2) is 60.0 Å². The molecule has 19 nitrogen and oxygen atoms in total. The predicted molar refractivity (Wildman–Crippen MR) is 283 cm³/mol. The summed E-state index contributed by atoms with van der Waals surface area (Å²) in [6.07, 6.45) is 8.33. The summed E-state index contributed by atoms with van der Waals surface area (Å²) >= 11 is 0. The van der Waals surface area contributed by atoms with Gasteiger partial charge in [0.2, 0.25) is 17.7 Å². The van der Waals surface area contributed by atoms with Crippen LogP contribution < -0.4 is 20.8 Å². The van der Waals surface area contributed by atoms with Crippen molar-refractivity contribution >= 4 is 89.2 Å². The number of ether oxygens (including phenoxy) is 1. The monoisotopic (exact) mass is 1060 g/mol. The molecule has 1 aromatic carbocycles. The van der Waals surface area contributed by atoms with E-state index in [0.29, 0.717) is 79.4 Å². The molecule has 3 saturated heterocycles. The molecule has 6 amide bonds. The molecule has 3 N–H and O–H groups in total. The van der Waals surface area contributed by atoms with Crippen LogP contribution in [-0.4, -0.2) is 160 Å². The number of urea groups is 1. The number of likely N-dealkylation sites (tertiary alicyclic amines) is 1. The van der Waals surface area contributed by atoms with Crippen LogP contribution in [0.2, 0.25) is 0 Å². The quantitative estimate of drug-likeness (QED) is 0.0468. The van der Waals surface area contributed by atoms with Crippen molar-refractivity contribution in [1.29, 1.82) is 0 Å². The van der Waals surface area contributed by atoms with Crippen molar-refractivity contribution in [3.8, 4) is 5.88 Å². The molecule has 4 fully saturated rings. The van der Waals surface area contributed by atoms with Gasteiger partial charge >= 0.3 is 182 Å². The molecule has 0 bridgehead atoms. The van der Waals surface area contributed by atoms with Crippen LogP contribution in [0.3, 0.4) is 0 Å². The van der Waals surface area contributed by atoms with Gasteiger partial charge in [0.25, 0.3) is 11.8 Å². The fraction of sp³-hybridized carbons (Fsp3) is 0.529. The number of nitrogens with one attached hydrogen (secondary N) is 3. The number of pyridine rings is 2. The van der Waals surface area contributed by atoms with Gasteiger partial charge in [0, 0.05) is 80.0 Å². The van der Waals surface area contributed by atoms with E-state index in [4.69, 9.17) is 22.1 Å². The second kappa shape index (κ2) is 23.9. The number of imide groups is 1. The first-order valence-corrected chi connectivity index (χ1v) is 28.0. The number of nitrogens with zero attached hydrogens (tertiary/aromatic N) is 7. The van der Waals surface area contributed by atoms with Gasteiger partial charge in [-0.15, -0.1) is 5.06 Å². The van der Waals surface area contributed by atoms with Gasteiger partial charge < -0.3 is 14.5 Å². The van der Waals surface area contributed by atoms with Crippen molar-refractivity contribution in [1.82, 2.24) is 40.5 Å². The van der Waals surface area contributed by atoms with Crippen molar-refractivity contribution in [2.24, 2.45) is 11.0 Å². The Morgan fingerprint density at radius 1 is 0.973 bits per heavy atom. The fourth-order valence-electron chi connectivity index (χ4n) is 10.3. The zero-order chi connectivity index (χ0) is 52.7. The van der Waals surface area contributed by atoms with E-state index in [1.54, 1.807) is 64.2 Å². The van der Waals surface area contributed by atoms with Crippen LogP contribution in [0.25, 0.3) is 0 Å². The minimum atomic E-state index is -0.835. The third-order valence-electron chi connectivity index (χ3n) is 14.3. The third kappa shape index (κ3) is 13.3. The van der Waals surface area contributed by atoms with E-state index in [2.05, 4.69) is 36.0 Å². The molecule has 1 saturated carbocycles. The second-order valence-electron chi connectivity index (χ2n) is 20.2. The average molecular weight is 1060 g/mol. The number of hydroxylamine groups is 2. The summed E-state index contributed by atoms with van der Waals surface area (Å²) in [7, 11) is 11.3. The number of fused-ring (bicyclic) bond motifs is 2. The van der Waals surface area contributed by atoms with Gasteiger partial charge in [-0.25, -0.2) is 15.2 Å². The molecule has 2 aliphatic carbocycles. The summed E-state index contributed by atoms with van der Waals surface area (Å²) < 4.78 is 26.4. The van der Waals surface area contributed by atoms with E-state index in [1.165, 1.54) is 6.07 Å². The Hall–Kier alpha value is -6.00. The van der Waals surface area contributed by atoms with Gasteiger partial charge in [0.05, 0.1) is 24.4 Å². The van der Waals surface area contributed by atoms with Crippen molar-refractivity contribution in [2.45, 2.75) is 113 Å². The molecular weight excluding hydrogens is 1000 g/mol. The number of hydrazone groups is 1. The first-order valence-electron chi connectivity index (χ1n) is 25.7. The number of halogens is 1. The van der Waals surface area contributed by atoms with Gasteiger partial charge in [-0.3, -0.25) is 24.1 Å². The van der Waals surface area contributed by atoms with Crippen molar-refractivity contribution < 1.29 is 47.4 Å². The van der Waals surface area contributed by atoms with E-state index in [0.717, 1.165) is 66.9 Å². The Kier molecular flexibility index (Phi) is 17.2. The number of hydrogen-bond donors (Lipinski definition) is 3. The molecule has 4 aliphatic heterocycles. The first-order chi connectivity index (χ1) is 36.1. The van der Waals surface area contributed by atoms with E-state index in [9.17, 15) is 28.8 Å². The number of piperidine rings is 1. The molecule has 24 heteroatoms. The van der Waals surface area contributed by atoms with Crippen LogP contribution in [0.4, 0.5) is 14.9 Å². The topological polar surface area (TPSA) is 217 Å². The summed E-state index contributed by atoms with van der Waals surface area (Å²) in [6, 6.07) is 12.4. The van der Waals surface area contributed by atoms with Gasteiger partial charge in [0.15, 0.2) is 0 Å². The normalized spacial score (nSPS) is 22.1. The molecule has 6 aliphatic rings. The maximum atomic E-state index is 15.3. The van der Waals surface area contributed by atoms with Crippen LogP contribution in [0, 0.1) is 11.7 Å². The minimum absolute atomic E-state index is 0.0323. The van der Waals surface area contributed by atoms with Crippen molar-refractivity contribution in [2.75, 3.05) is 56.9 Å². The number of anilines is 1. The predicted octanol–water partition coefficient (Wildman–Crippen LogP) is 4.47. The summed E-state index contributed by atoms with van der Waals surface area (Å²) in [5, 5.41) is 11.2. The Bertz CT molecular complexity index is 2700. The number of rotatable bonds is 20. The fourth-order valence-corrected chi connectivity index (χ4v) is 12.7. The molecular formula is C51H61B2FN10O9S2. The molecule has 2 radical (unpaired) electrons. The molecule has 0 spiro atoms. The average Bonchev–Trinajstić information content (AvgIpc) is 3.80. The molecule has 2 aromatic heterocycles. The summed E-state index contributed by atoms with van der Waals surface area (Å²) in [4.78, 5) is 94.7. The number of aromatic nitrogens is 2. The molecule has 3 atom stereocenters. The number of benzene rings is 1. The molecule has 3 unspecified atom stereocenters. The van der Waals surface area contributed by atoms with Gasteiger partial charge in [-0.05, 0) is 45.6 Å². The molecule has 75 heavy (non-hydrogen) atoms. The number of carbonyl (C=O) groups is 6. The molecule has 3 aromatic rings. The standard InChI is InChI=1S/C51H61B2FN10O9S2/c1-50(2,29-40(65)60-59-39-8-3-7-38-36(39)12-13-41(58-38)71-26-5-9-45(69)72-64-43(67)14-15-44(64)68)75-74-27-18-42(66)62-24-22-61(23-25-62)35-16-20-63(21-17-35)49(70)56-31-32-10-11-34(28-37(32)54)57-48-47-46(51(47,52)73-53-48)33-6-4-19-55-30-33/h4,6,10-13,19,28,30,35,46-47,57H,3,5,7-9,14-18,20-27,29,31H2,1-2H3,(H,56,70)(H,60,65)/b59-39+. The van der Waals surface area contributed by atoms with Crippen LogP contribution in [-0.2, 0) is 46.4 Å². The number of piperazine rings is 1.